The van der Waals surface area contributed by atoms with Crippen molar-refractivity contribution in [2.45, 2.75) is 0 Å². The number of aromatic amines is 1. The molecule has 0 spiro atoms. The average molecular weight is 332 g/mol. The number of nitro groups is 1. The smallest absolute Gasteiger partial charge is 0.312 e. The van der Waals surface area contributed by atoms with Crippen LogP contribution in [-0.2, 0) is 0 Å². The van der Waals surface area contributed by atoms with Crippen molar-refractivity contribution in [3.8, 4) is 5.75 Å². The van der Waals surface area contributed by atoms with Gasteiger partial charge >= 0.3 is 5.69 Å². The number of benzene rings is 2. The molecule has 8 nitrogen and oxygen atoms in total. The summed E-state index contributed by atoms with van der Waals surface area (Å²) >= 11 is 5.80. The number of nitrogens with one attached hydrogen (secondary N) is 2. The zero-order valence-electron chi connectivity index (χ0n) is 11.5. The number of para-hydroxylation sites is 2. The predicted octanol–water partition coefficient (Wildman–Crippen LogP) is 3.28. The second-order valence-electron chi connectivity index (χ2n) is 4.59. The molecule has 0 saturated heterocycles. The largest absolute Gasteiger partial charge is 0.502 e. The number of hydrogen-bond donors (Lipinski definition) is 3. The van der Waals surface area contributed by atoms with Crippen molar-refractivity contribution >= 4 is 40.5 Å². The molecule has 0 aliphatic heterocycles. The van der Waals surface area contributed by atoms with E-state index in [-0.39, 0.29) is 10.6 Å². The van der Waals surface area contributed by atoms with E-state index < -0.39 is 16.4 Å². The lowest BCUT2D eigenvalue weighted by Crippen LogP contribution is -1.95. The lowest BCUT2D eigenvalue weighted by molar-refractivity contribution is -0.385. The van der Waals surface area contributed by atoms with Gasteiger partial charge in [-0.15, -0.1) is 0 Å². The minimum Gasteiger partial charge on any atom is -0.502 e. The minimum absolute atomic E-state index is 0.118. The van der Waals surface area contributed by atoms with Crippen LogP contribution in [0.25, 0.3) is 11.0 Å². The van der Waals surface area contributed by atoms with E-state index in [0.717, 1.165) is 17.1 Å². The van der Waals surface area contributed by atoms with E-state index in [9.17, 15) is 15.2 Å². The highest BCUT2D eigenvalue weighted by Crippen LogP contribution is 2.32. The second-order valence-corrected chi connectivity index (χ2v) is 5.03. The van der Waals surface area contributed by atoms with E-state index in [1.54, 1.807) is 0 Å². The normalized spacial score (nSPS) is 11.2. The zero-order valence-corrected chi connectivity index (χ0v) is 12.3. The molecule has 0 bridgehead atoms. The molecule has 0 atom stereocenters. The quantitative estimate of drug-likeness (QED) is 0.385. The number of hydrazone groups is 1. The lowest BCUT2D eigenvalue weighted by Gasteiger charge is -2.01. The van der Waals surface area contributed by atoms with Gasteiger partial charge in [-0.3, -0.25) is 10.1 Å². The van der Waals surface area contributed by atoms with Gasteiger partial charge < -0.3 is 10.1 Å². The second kappa shape index (κ2) is 5.93. The number of aromatic nitrogens is 2. The summed E-state index contributed by atoms with van der Waals surface area (Å²) in [7, 11) is 0. The Morgan fingerprint density at radius 2 is 2.17 bits per heavy atom. The van der Waals surface area contributed by atoms with Crippen LogP contribution >= 0.6 is 11.6 Å². The highest BCUT2D eigenvalue weighted by molar-refractivity contribution is 6.31. The van der Waals surface area contributed by atoms with Gasteiger partial charge in [0.25, 0.3) is 0 Å². The molecule has 1 aromatic heterocycles. The lowest BCUT2D eigenvalue weighted by atomic mass is 10.2. The van der Waals surface area contributed by atoms with Crippen molar-refractivity contribution in [1.29, 1.82) is 0 Å². The molecule has 9 heteroatoms. The van der Waals surface area contributed by atoms with Gasteiger partial charge in [-0.05, 0) is 18.2 Å². The first kappa shape index (κ1) is 14.8. The van der Waals surface area contributed by atoms with E-state index in [1.165, 1.54) is 12.3 Å². The third-order valence-corrected chi connectivity index (χ3v) is 3.26. The molecule has 0 unspecified atom stereocenters. The molecule has 3 aromatic rings. The van der Waals surface area contributed by atoms with E-state index in [4.69, 9.17) is 11.6 Å². The van der Waals surface area contributed by atoms with Crippen LogP contribution in [0, 0.1) is 10.1 Å². The Morgan fingerprint density at radius 3 is 2.91 bits per heavy atom. The van der Waals surface area contributed by atoms with Crippen LogP contribution in [0.1, 0.15) is 5.56 Å². The predicted molar refractivity (Wildman–Crippen MR) is 87.1 cm³/mol. The van der Waals surface area contributed by atoms with Crippen molar-refractivity contribution in [3.63, 3.8) is 0 Å². The molecule has 0 fully saturated rings. The Balaban J connectivity index is 1.84. The fourth-order valence-corrected chi connectivity index (χ4v) is 2.23. The molecular formula is C14H10ClN5O3. The maximum Gasteiger partial charge on any atom is 0.312 e. The number of fused-ring (bicyclic) bond motifs is 1. The van der Waals surface area contributed by atoms with Crippen LogP contribution in [0.2, 0.25) is 5.02 Å². The van der Waals surface area contributed by atoms with Gasteiger partial charge in [-0.2, -0.15) is 5.10 Å². The number of nitro benzene ring substituents is 1. The highest BCUT2D eigenvalue weighted by Gasteiger charge is 2.17. The number of halogens is 1. The monoisotopic (exact) mass is 331 g/mol. The van der Waals surface area contributed by atoms with Gasteiger partial charge in [0.05, 0.1) is 22.2 Å². The van der Waals surface area contributed by atoms with Crippen LogP contribution < -0.4 is 5.43 Å². The van der Waals surface area contributed by atoms with Crippen molar-refractivity contribution in [2.24, 2.45) is 5.10 Å². The molecule has 0 saturated carbocycles. The number of imidazole rings is 1. The van der Waals surface area contributed by atoms with E-state index in [0.29, 0.717) is 5.95 Å². The Hall–Kier alpha value is -3.13. The van der Waals surface area contributed by atoms with Crippen LogP contribution in [0.15, 0.2) is 41.5 Å². The molecule has 3 N–H and O–H groups in total. The Kier molecular flexibility index (Phi) is 3.82. The summed E-state index contributed by atoms with van der Waals surface area (Å²) < 4.78 is 0. The van der Waals surface area contributed by atoms with Crippen molar-refractivity contribution in [2.75, 3.05) is 5.43 Å². The molecule has 0 aliphatic rings. The van der Waals surface area contributed by atoms with Crippen LogP contribution in [-0.4, -0.2) is 26.2 Å². The van der Waals surface area contributed by atoms with E-state index in [2.05, 4.69) is 20.5 Å². The van der Waals surface area contributed by atoms with Gasteiger partial charge in [0.15, 0.2) is 0 Å². The average Bonchev–Trinajstić information content (AvgIpc) is 2.92. The van der Waals surface area contributed by atoms with E-state index >= 15 is 0 Å². The molecule has 2 aromatic carbocycles. The number of nitrogens with zero attached hydrogens (tertiary/aromatic N) is 3. The number of rotatable bonds is 4. The summed E-state index contributed by atoms with van der Waals surface area (Å²) in [5, 5.41) is 24.7. The van der Waals surface area contributed by atoms with Crippen molar-refractivity contribution < 1.29 is 10.0 Å². The molecule has 0 amide bonds. The van der Waals surface area contributed by atoms with Crippen LogP contribution in [0.3, 0.4) is 0 Å². The Labute approximate surface area is 134 Å². The van der Waals surface area contributed by atoms with Crippen molar-refractivity contribution in [1.82, 2.24) is 9.97 Å². The number of aromatic hydroxyl groups is 1. The molecule has 23 heavy (non-hydrogen) atoms. The highest BCUT2D eigenvalue weighted by atomic mass is 35.5. The summed E-state index contributed by atoms with van der Waals surface area (Å²) in [5.74, 6) is -0.104. The first-order valence-electron chi connectivity index (χ1n) is 6.45. The number of hydrogen-bond acceptors (Lipinski definition) is 6. The fourth-order valence-electron chi connectivity index (χ4n) is 2.01. The van der Waals surface area contributed by atoms with Crippen LogP contribution in [0.5, 0.6) is 5.75 Å². The first-order chi connectivity index (χ1) is 11.0. The number of phenolic OH excluding ortho intramolecular Hbond substituents is 1. The van der Waals surface area contributed by atoms with Gasteiger partial charge in [0.2, 0.25) is 11.7 Å². The Bertz CT molecular complexity index is 889. The zero-order chi connectivity index (χ0) is 16.4. The van der Waals surface area contributed by atoms with Crippen molar-refractivity contribution in [3.05, 3.63) is 57.1 Å². The third-order valence-electron chi connectivity index (χ3n) is 3.04. The Morgan fingerprint density at radius 1 is 1.39 bits per heavy atom. The maximum absolute atomic E-state index is 10.8. The fraction of sp³-hybridized carbons (Fsp3) is 0. The van der Waals surface area contributed by atoms with Crippen LogP contribution in [0.4, 0.5) is 11.6 Å². The SMILES string of the molecule is O=[N+]([O-])c1cc(Cl)cc(/C=N\Nc2nc3ccccc3[nH]2)c1O. The molecule has 0 aliphatic carbocycles. The molecule has 1 heterocycles. The molecule has 0 radical (unpaired) electrons. The topological polar surface area (TPSA) is 116 Å². The number of anilines is 1. The maximum atomic E-state index is 10.8. The molecular weight excluding hydrogens is 322 g/mol. The van der Waals surface area contributed by atoms with E-state index in [1.807, 2.05) is 24.3 Å². The summed E-state index contributed by atoms with van der Waals surface area (Å²) in [5.41, 5.74) is 3.90. The third kappa shape index (κ3) is 3.06. The summed E-state index contributed by atoms with van der Waals surface area (Å²) in [6, 6.07) is 9.88. The van der Waals surface area contributed by atoms with Gasteiger partial charge in [0.1, 0.15) is 0 Å². The molecule has 116 valence electrons. The summed E-state index contributed by atoms with van der Waals surface area (Å²) in [4.78, 5) is 17.4. The first-order valence-corrected chi connectivity index (χ1v) is 6.83. The molecule has 3 rings (SSSR count). The standard InChI is InChI=1S/C14H10ClN5O3/c15-9-5-8(13(21)12(6-9)20(22)23)7-16-19-14-17-10-3-1-2-4-11(10)18-14/h1-7,21H,(H2,17,18,19)/b16-7-. The summed E-state index contributed by atoms with van der Waals surface area (Å²) in [6.07, 6.45) is 1.22. The minimum atomic E-state index is -0.717. The van der Waals surface area contributed by atoms with Gasteiger partial charge in [-0.1, -0.05) is 23.7 Å². The van der Waals surface area contributed by atoms with Gasteiger partial charge in [-0.25, -0.2) is 10.4 Å². The number of H-pyrrole nitrogens is 1. The summed E-state index contributed by atoms with van der Waals surface area (Å²) in [6.45, 7) is 0. The number of phenols is 1. The van der Waals surface area contributed by atoms with Gasteiger partial charge in [0, 0.05) is 16.7 Å².